The maximum absolute atomic E-state index is 6.36. The van der Waals surface area contributed by atoms with Gasteiger partial charge in [-0.25, -0.2) is 0 Å². The predicted octanol–water partition coefficient (Wildman–Crippen LogP) is 2.97. The largest absolute Gasteiger partial charge is 0.271 e. The molecule has 1 aliphatic rings. The van der Waals surface area contributed by atoms with Crippen LogP contribution in [0.25, 0.3) is 0 Å². The Balaban J connectivity index is 2.20. The summed E-state index contributed by atoms with van der Waals surface area (Å²) >= 11 is 6.36. The van der Waals surface area contributed by atoms with E-state index in [4.69, 9.17) is 17.4 Å². The van der Waals surface area contributed by atoms with Crippen LogP contribution in [0, 0.1) is 18.3 Å². The van der Waals surface area contributed by atoms with Crippen LogP contribution in [0.1, 0.15) is 50.8 Å². The summed E-state index contributed by atoms with van der Waals surface area (Å²) in [6.07, 6.45) is 5.98. The van der Waals surface area contributed by atoms with E-state index in [2.05, 4.69) is 24.4 Å². The number of hydrazine groups is 1. The van der Waals surface area contributed by atoms with Gasteiger partial charge in [-0.2, -0.15) is 5.10 Å². The van der Waals surface area contributed by atoms with E-state index in [-0.39, 0.29) is 6.04 Å². The lowest BCUT2D eigenvalue weighted by Crippen LogP contribution is -2.48. The minimum Gasteiger partial charge on any atom is -0.271 e. The minimum absolute atomic E-state index is 0.255. The lowest BCUT2D eigenvalue weighted by Gasteiger charge is -2.43. The molecule has 0 aromatic carbocycles. The quantitative estimate of drug-likeness (QED) is 0.664. The second-order valence-electron chi connectivity index (χ2n) is 6.80. The van der Waals surface area contributed by atoms with Crippen molar-refractivity contribution in [2.45, 2.75) is 58.9 Å². The van der Waals surface area contributed by atoms with Crippen LogP contribution in [-0.2, 0) is 13.5 Å². The molecule has 20 heavy (non-hydrogen) atoms. The maximum Gasteiger partial charge on any atom is 0.130 e. The molecule has 1 heterocycles. The van der Waals surface area contributed by atoms with Crippen molar-refractivity contribution in [3.63, 3.8) is 0 Å². The van der Waals surface area contributed by atoms with E-state index in [0.29, 0.717) is 11.3 Å². The highest BCUT2D eigenvalue weighted by molar-refractivity contribution is 6.30. The first kappa shape index (κ1) is 15.8. The summed E-state index contributed by atoms with van der Waals surface area (Å²) in [5, 5.41) is 5.13. The molecule has 0 radical (unpaired) electrons. The molecule has 2 unspecified atom stereocenters. The smallest absolute Gasteiger partial charge is 0.130 e. The number of rotatable bonds is 4. The molecule has 1 saturated carbocycles. The van der Waals surface area contributed by atoms with Crippen LogP contribution in [0.2, 0.25) is 5.15 Å². The van der Waals surface area contributed by atoms with Crippen LogP contribution in [0.3, 0.4) is 0 Å². The summed E-state index contributed by atoms with van der Waals surface area (Å²) < 4.78 is 1.74. The zero-order valence-electron chi connectivity index (χ0n) is 13.0. The number of nitrogens with two attached hydrogens (primary N) is 1. The Bertz CT molecular complexity index is 467. The Morgan fingerprint density at radius 3 is 2.70 bits per heavy atom. The fraction of sp³-hybridized carbons (Fsp3) is 0.800. The maximum atomic E-state index is 6.36. The Morgan fingerprint density at radius 2 is 2.20 bits per heavy atom. The third-order valence-corrected chi connectivity index (χ3v) is 5.46. The second-order valence-corrected chi connectivity index (χ2v) is 7.15. The summed E-state index contributed by atoms with van der Waals surface area (Å²) in [5.41, 5.74) is 5.50. The first-order valence-corrected chi connectivity index (χ1v) is 7.88. The number of halogens is 1. The van der Waals surface area contributed by atoms with Crippen LogP contribution in [0.15, 0.2) is 0 Å². The summed E-state index contributed by atoms with van der Waals surface area (Å²) in [4.78, 5) is 0. The van der Waals surface area contributed by atoms with Gasteiger partial charge < -0.3 is 0 Å². The van der Waals surface area contributed by atoms with Crippen molar-refractivity contribution < 1.29 is 0 Å². The summed E-state index contributed by atoms with van der Waals surface area (Å²) in [6, 6.07) is 0.255. The normalized spacial score (nSPS) is 23.8. The van der Waals surface area contributed by atoms with Crippen molar-refractivity contribution in [2.75, 3.05) is 0 Å². The minimum atomic E-state index is 0.255. The molecule has 0 aliphatic heterocycles. The Morgan fingerprint density at radius 1 is 1.50 bits per heavy atom. The van der Waals surface area contributed by atoms with Gasteiger partial charge in [0.2, 0.25) is 0 Å². The number of aromatic nitrogens is 2. The van der Waals surface area contributed by atoms with Crippen molar-refractivity contribution in [1.82, 2.24) is 15.2 Å². The molecule has 1 aromatic rings. The Labute approximate surface area is 127 Å². The van der Waals surface area contributed by atoms with Gasteiger partial charge >= 0.3 is 0 Å². The molecular weight excluding hydrogens is 272 g/mol. The number of aryl methyl sites for hydroxylation is 2. The Hall–Kier alpha value is -0.580. The standard InChI is InChI=1S/C15H27ClN4/c1-10-11(14(16)20(4)19-10)9-13(18-17)12-7-5-6-8-15(12,2)3/h12-13,18H,5-9,17H2,1-4H3. The van der Waals surface area contributed by atoms with Gasteiger partial charge in [-0.05, 0) is 37.5 Å². The lowest BCUT2D eigenvalue weighted by molar-refractivity contribution is 0.0981. The average molecular weight is 299 g/mol. The van der Waals surface area contributed by atoms with Crippen LogP contribution < -0.4 is 11.3 Å². The highest BCUT2D eigenvalue weighted by Gasteiger charge is 2.37. The number of hydrogen-bond donors (Lipinski definition) is 2. The van der Waals surface area contributed by atoms with E-state index in [1.807, 2.05) is 14.0 Å². The van der Waals surface area contributed by atoms with Crippen molar-refractivity contribution >= 4 is 11.6 Å². The highest BCUT2D eigenvalue weighted by Crippen LogP contribution is 2.43. The fourth-order valence-corrected chi connectivity index (χ4v) is 3.96. The van der Waals surface area contributed by atoms with Crippen molar-refractivity contribution in [2.24, 2.45) is 24.2 Å². The third kappa shape index (κ3) is 3.02. The van der Waals surface area contributed by atoms with Gasteiger partial charge in [0, 0.05) is 18.7 Å². The van der Waals surface area contributed by atoms with E-state index in [1.165, 1.54) is 25.7 Å². The average Bonchev–Trinajstić information content (AvgIpc) is 2.62. The van der Waals surface area contributed by atoms with Crippen LogP contribution >= 0.6 is 11.6 Å². The summed E-state index contributed by atoms with van der Waals surface area (Å²) in [6.45, 7) is 6.73. The molecule has 0 amide bonds. The third-order valence-electron chi connectivity index (χ3n) is 4.98. The van der Waals surface area contributed by atoms with Crippen LogP contribution in [0.5, 0.6) is 0 Å². The van der Waals surface area contributed by atoms with Crippen molar-refractivity contribution in [3.05, 3.63) is 16.4 Å². The molecule has 5 heteroatoms. The molecule has 1 aromatic heterocycles. The molecule has 4 nitrogen and oxygen atoms in total. The number of nitrogens with zero attached hydrogens (tertiary/aromatic N) is 2. The van der Waals surface area contributed by atoms with Gasteiger partial charge in [0.15, 0.2) is 0 Å². The number of hydrogen-bond acceptors (Lipinski definition) is 3. The van der Waals surface area contributed by atoms with Gasteiger partial charge in [0.25, 0.3) is 0 Å². The molecule has 0 saturated heterocycles. The predicted molar refractivity (Wildman–Crippen MR) is 83.5 cm³/mol. The topological polar surface area (TPSA) is 55.9 Å². The zero-order valence-corrected chi connectivity index (χ0v) is 13.8. The SMILES string of the molecule is Cc1nn(C)c(Cl)c1CC(NN)C1CCCCC1(C)C. The molecular formula is C15H27ClN4. The zero-order chi connectivity index (χ0) is 14.9. The van der Waals surface area contributed by atoms with Gasteiger partial charge in [0.1, 0.15) is 5.15 Å². The monoisotopic (exact) mass is 298 g/mol. The van der Waals surface area contributed by atoms with Gasteiger partial charge in [-0.1, -0.05) is 38.3 Å². The highest BCUT2D eigenvalue weighted by atomic mass is 35.5. The summed E-state index contributed by atoms with van der Waals surface area (Å²) in [7, 11) is 1.88. The van der Waals surface area contributed by atoms with Crippen LogP contribution in [-0.4, -0.2) is 15.8 Å². The van der Waals surface area contributed by atoms with E-state index in [9.17, 15) is 0 Å². The lowest BCUT2D eigenvalue weighted by atomic mass is 9.65. The molecule has 2 atom stereocenters. The molecule has 0 spiro atoms. The molecule has 2 rings (SSSR count). The van der Waals surface area contributed by atoms with Crippen molar-refractivity contribution in [3.8, 4) is 0 Å². The first-order valence-electron chi connectivity index (χ1n) is 7.51. The fourth-order valence-electron chi connectivity index (χ4n) is 3.71. The van der Waals surface area contributed by atoms with E-state index in [1.54, 1.807) is 4.68 Å². The molecule has 1 aliphatic carbocycles. The molecule has 1 fully saturated rings. The number of nitrogens with one attached hydrogen (secondary N) is 1. The molecule has 3 N–H and O–H groups in total. The first-order chi connectivity index (χ1) is 9.36. The summed E-state index contributed by atoms with van der Waals surface area (Å²) in [5.74, 6) is 6.44. The molecule has 114 valence electrons. The Kier molecular flexibility index (Phi) is 4.77. The van der Waals surface area contributed by atoms with E-state index in [0.717, 1.165) is 22.8 Å². The van der Waals surface area contributed by atoms with Crippen LogP contribution in [0.4, 0.5) is 0 Å². The van der Waals surface area contributed by atoms with Crippen molar-refractivity contribution in [1.29, 1.82) is 0 Å². The van der Waals surface area contributed by atoms with E-state index >= 15 is 0 Å². The van der Waals surface area contributed by atoms with Gasteiger partial charge in [-0.15, -0.1) is 0 Å². The van der Waals surface area contributed by atoms with Gasteiger partial charge in [-0.3, -0.25) is 16.0 Å². The van der Waals surface area contributed by atoms with Gasteiger partial charge in [0.05, 0.1) is 5.69 Å². The van der Waals surface area contributed by atoms with E-state index < -0.39 is 0 Å². The second kappa shape index (κ2) is 6.04. The molecule has 0 bridgehead atoms.